The first-order valence-corrected chi connectivity index (χ1v) is 5.24. The number of alkyl halides is 6. The van der Waals surface area contributed by atoms with Gasteiger partial charge in [-0.1, -0.05) is 0 Å². The predicted octanol–water partition coefficient (Wildman–Crippen LogP) is 1.30. The van der Waals surface area contributed by atoms with Crippen LogP contribution in [0.3, 0.4) is 0 Å². The largest absolute Gasteiger partial charge is 0.411 e. The SMILES string of the molecule is NCCN(CC(F)(F)F)C(=O)CCOCC(F)(F)F. The van der Waals surface area contributed by atoms with Crippen LogP contribution in [-0.2, 0) is 9.53 Å². The molecule has 0 aliphatic heterocycles. The molecule has 0 unspecified atom stereocenters. The highest BCUT2D eigenvalue weighted by Crippen LogP contribution is 2.17. The number of carbonyl (C=O) groups is 1. The van der Waals surface area contributed by atoms with Crippen LogP contribution in [0.2, 0.25) is 0 Å². The van der Waals surface area contributed by atoms with E-state index in [9.17, 15) is 31.1 Å². The molecule has 4 nitrogen and oxygen atoms in total. The molecule has 0 atom stereocenters. The molecule has 0 spiro atoms. The highest BCUT2D eigenvalue weighted by Gasteiger charge is 2.32. The first-order valence-electron chi connectivity index (χ1n) is 5.24. The Labute approximate surface area is 105 Å². The zero-order valence-corrected chi connectivity index (χ0v) is 9.85. The van der Waals surface area contributed by atoms with Crippen LogP contribution in [0.25, 0.3) is 0 Å². The molecule has 19 heavy (non-hydrogen) atoms. The minimum Gasteiger partial charge on any atom is -0.372 e. The topological polar surface area (TPSA) is 55.6 Å². The maximum Gasteiger partial charge on any atom is 0.411 e. The lowest BCUT2D eigenvalue weighted by Crippen LogP contribution is -2.42. The molecule has 0 saturated heterocycles. The molecule has 0 aliphatic carbocycles. The van der Waals surface area contributed by atoms with Gasteiger partial charge in [-0.2, -0.15) is 26.3 Å². The van der Waals surface area contributed by atoms with Crippen LogP contribution >= 0.6 is 0 Å². The van der Waals surface area contributed by atoms with Crippen molar-refractivity contribution in [1.82, 2.24) is 4.90 Å². The molecule has 2 N–H and O–H groups in total. The zero-order valence-electron chi connectivity index (χ0n) is 9.85. The van der Waals surface area contributed by atoms with Gasteiger partial charge in [0, 0.05) is 13.1 Å². The van der Waals surface area contributed by atoms with Crippen molar-refractivity contribution in [1.29, 1.82) is 0 Å². The second-order valence-corrected chi connectivity index (χ2v) is 3.64. The second kappa shape index (κ2) is 7.53. The number of rotatable bonds is 7. The monoisotopic (exact) mass is 296 g/mol. The third kappa shape index (κ3) is 10.6. The van der Waals surface area contributed by atoms with E-state index >= 15 is 0 Å². The number of amides is 1. The van der Waals surface area contributed by atoms with E-state index < -0.39 is 44.4 Å². The van der Waals surface area contributed by atoms with Gasteiger partial charge in [0.05, 0.1) is 13.0 Å². The minimum atomic E-state index is -4.59. The standard InChI is InChI=1S/C9H14F6N2O2/c10-8(11,12)5-17(3-2-16)7(18)1-4-19-6-9(13,14)15/h1-6,16H2. The van der Waals surface area contributed by atoms with Gasteiger partial charge < -0.3 is 15.4 Å². The first kappa shape index (κ1) is 18.0. The van der Waals surface area contributed by atoms with E-state index in [1.54, 1.807) is 0 Å². The molecule has 0 aromatic rings. The summed E-state index contributed by atoms with van der Waals surface area (Å²) in [6, 6.07) is 0. The molecule has 0 bridgehead atoms. The molecule has 1 amide bonds. The highest BCUT2D eigenvalue weighted by atomic mass is 19.4. The molecule has 0 rings (SSSR count). The molecule has 10 heteroatoms. The molecule has 0 radical (unpaired) electrons. The van der Waals surface area contributed by atoms with Gasteiger partial charge in [-0.15, -0.1) is 0 Å². The van der Waals surface area contributed by atoms with Crippen molar-refractivity contribution in [3.05, 3.63) is 0 Å². The summed E-state index contributed by atoms with van der Waals surface area (Å²) in [7, 11) is 0. The van der Waals surface area contributed by atoms with Crippen molar-refractivity contribution >= 4 is 5.91 Å². The van der Waals surface area contributed by atoms with E-state index in [0.717, 1.165) is 0 Å². The molecule has 0 aliphatic rings. The van der Waals surface area contributed by atoms with E-state index in [0.29, 0.717) is 4.90 Å². The Kier molecular flexibility index (Phi) is 7.12. The molecule has 0 heterocycles. The van der Waals surface area contributed by atoms with Gasteiger partial charge in [0.1, 0.15) is 13.2 Å². The molecule has 0 aromatic heterocycles. The van der Waals surface area contributed by atoms with Crippen LogP contribution in [0.1, 0.15) is 6.42 Å². The number of hydrogen-bond donors (Lipinski definition) is 1. The third-order valence-corrected chi connectivity index (χ3v) is 1.85. The van der Waals surface area contributed by atoms with Crippen molar-refractivity contribution in [3.63, 3.8) is 0 Å². The van der Waals surface area contributed by atoms with Gasteiger partial charge in [0.25, 0.3) is 0 Å². The molecule has 0 saturated carbocycles. The Bertz CT molecular complexity index is 279. The van der Waals surface area contributed by atoms with E-state index in [-0.39, 0.29) is 13.1 Å². The lowest BCUT2D eigenvalue weighted by Gasteiger charge is -2.23. The van der Waals surface area contributed by atoms with E-state index in [1.807, 2.05) is 0 Å². The zero-order chi connectivity index (χ0) is 15.1. The maximum absolute atomic E-state index is 12.1. The first-order chi connectivity index (χ1) is 8.55. The summed E-state index contributed by atoms with van der Waals surface area (Å²) in [5, 5.41) is 0. The summed E-state index contributed by atoms with van der Waals surface area (Å²) in [5.74, 6) is -0.954. The van der Waals surface area contributed by atoms with Gasteiger partial charge in [0.15, 0.2) is 0 Å². The van der Waals surface area contributed by atoms with Crippen LogP contribution in [-0.4, -0.2) is 56.0 Å². The summed E-state index contributed by atoms with van der Waals surface area (Å²) < 4.78 is 75.6. The number of nitrogens with zero attached hydrogens (tertiary/aromatic N) is 1. The van der Waals surface area contributed by atoms with Crippen LogP contribution in [0.4, 0.5) is 26.3 Å². The molecule has 0 fully saturated rings. The quantitative estimate of drug-likeness (QED) is 0.569. The van der Waals surface area contributed by atoms with Gasteiger partial charge >= 0.3 is 12.4 Å². The van der Waals surface area contributed by atoms with E-state index in [1.165, 1.54) is 0 Å². The summed E-state index contributed by atoms with van der Waals surface area (Å²) in [6.07, 6.45) is -9.68. The fraction of sp³-hybridized carbons (Fsp3) is 0.889. The molecule has 0 aromatic carbocycles. The Morgan fingerprint density at radius 2 is 1.68 bits per heavy atom. The molecular formula is C9H14F6N2O2. The fourth-order valence-corrected chi connectivity index (χ4v) is 1.17. The van der Waals surface area contributed by atoms with E-state index in [4.69, 9.17) is 5.73 Å². The van der Waals surface area contributed by atoms with Crippen molar-refractivity contribution in [2.75, 3.05) is 32.8 Å². The number of carbonyl (C=O) groups excluding carboxylic acids is 1. The Morgan fingerprint density at radius 3 is 2.11 bits per heavy atom. The minimum absolute atomic E-state index is 0.175. The average Bonchev–Trinajstić information content (AvgIpc) is 2.20. The third-order valence-electron chi connectivity index (χ3n) is 1.85. The van der Waals surface area contributed by atoms with Gasteiger partial charge in [-0.25, -0.2) is 0 Å². The number of ether oxygens (including phenoxy) is 1. The average molecular weight is 296 g/mol. The van der Waals surface area contributed by atoms with Crippen LogP contribution < -0.4 is 5.73 Å². The molecule has 114 valence electrons. The number of nitrogens with two attached hydrogens (primary N) is 1. The van der Waals surface area contributed by atoms with Crippen LogP contribution in [0, 0.1) is 0 Å². The van der Waals surface area contributed by atoms with Crippen molar-refractivity contribution in [2.24, 2.45) is 5.73 Å². The lowest BCUT2D eigenvalue weighted by molar-refractivity contribution is -0.176. The summed E-state index contributed by atoms with van der Waals surface area (Å²) in [4.78, 5) is 11.8. The van der Waals surface area contributed by atoms with Crippen molar-refractivity contribution in [3.8, 4) is 0 Å². The van der Waals surface area contributed by atoms with Crippen molar-refractivity contribution < 1.29 is 35.9 Å². The van der Waals surface area contributed by atoms with E-state index in [2.05, 4.69) is 4.74 Å². The summed E-state index contributed by atoms with van der Waals surface area (Å²) in [5.41, 5.74) is 5.06. The Balaban J connectivity index is 4.12. The van der Waals surface area contributed by atoms with Gasteiger partial charge in [-0.3, -0.25) is 4.79 Å². The highest BCUT2D eigenvalue weighted by molar-refractivity contribution is 5.76. The smallest absolute Gasteiger partial charge is 0.372 e. The van der Waals surface area contributed by atoms with Crippen molar-refractivity contribution in [2.45, 2.75) is 18.8 Å². The summed E-state index contributed by atoms with van der Waals surface area (Å²) >= 11 is 0. The predicted molar refractivity (Wildman–Crippen MR) is 53.2 cm³/mol. The maximum atomic E-state index is 12.1. The summed E-state index contributed by atoms with van der Waals surface area (Å²) in [6.45, 7) is -4.13. The van der Waals surface area contributed by atoms with Gasteiger partial charge in [-0.05, 0) is 0 Å². The number of hydrogen-bond acceptors (Lipinski definition) is 3. The Morgan fingerprint density at radius 1 is 1.11 bits per heavy atom. The van der Waals surface area contributed by atoms with Gasteiger partial charge in [0.2, 0.25) is 5.91 Å². The van der Waals surface area contributed by atoms with Crippen LogP contribution in [0.15, 0.2) is 0 Å². The lowest BCUT2D eigenvalue weighted by atomic mass is 10.3. The fourth-order valence-electron chi connectivity index (χ4n) is 1.17. The van der Waals surface area contributed by atoms with Crippen LogP contribution in [0.5, 0.6) is 0 Å². The normalized spacial score (nSPS) is 12.6. The molecular weight excluding hydrogens is 282 g/mol. The number of halogens is 6. The second-order valence-electron chi connectivity index (χ2n) is 3.64. The Hall–Kier alpha value is -1.03.